The summed E-state index contributed by atoms with van der Waals surface area (Å²) in [5, 5.41) is 16.5. The molecule has 0 spiro atoms. The van der Waals surface area contributed by atoms with Crippen molar-refractivity contribution in [1.82, 2.24) is 29.5 Å². The van der Waals surface area contributed by atoms with Crippen LogP contribution in [-0.2, 0) is 50.5 Å². The third-order valence-electron chi connectivity index (χ3n) is 14.3. The van der Waals surface area contributed by atoms with Crippen LogP contribution in [-0.4, -0.2) is 116 Å². The van der Waals surface area contributed by atoms with E-state index in [-0.39, 0.29) is 58.2 Å². The molecule has 2 fully saturated rings. The summed E-state index contributed by atoms with van der Waals surface area (Å²) < 4.78 is 47.6. The zero-order chi connectivity index (χ0) is 56.1. The highest BCUT2D eigenvalue weighted by atomic mass is 33.1. The number of carbonyl (C=O) groups excluding carboxylic acids is 2. The number of benzene rings is 3. The van der Waals surface area contributed by atoms with Crippen molar-refractivity contribution in [2.75, 3.05) is 45.5 Å². The van der Waals surface area contributed by atoms with Crippen LogP contribution in [0.3, 0.4) is 0 Å². The molecule has 18 nitrogen and oxygen atoms in total. The quantitative estimate of drug-likeness (QED) is 0.0271. The molecule has 7 rings (SSSR count). The summed E-state index contributed by atoms with van der Waals surface area (Å²) >= 11 is 0. The monoisotopic (exact) mass is 1130 g/mol. The maximum absolute atomic E-state index is 13.3. The molecule has 4 heterocycles. The van der Waals surface area contributed by atoms with Crippen molar-refractivity contribution in [3.05, 3.63) is 112 Å². The van der Waals surface area contributed by atoms with Gasteiger partial charge in [-0.05, 0) is 108 Å². The lowest BCUT2D eigenvalue weighted by molar-refractivity contribution is -0.235. The van der Waals surface area contributed by atoms with Crippen molar-refractivity contribution in [2.45, 2.75) is 166 Å². The van der Waals surface area contributed by atoms with Gasteiger partial charge in [0.15, 0.2) is 30.3 Å². The van der Waals surface area contributed by atoms with E-state index in [9.17, 15) is 19.5 Å². The van der Waals surface area contributed by atoms with Crippen molar-refractivity contribution >= 4 is 59.0 Å². The van der Waals surface area contributed by atoms with Crippen LogP contribution in [0.25, 0.3) is 11.2 Å². The van der Waals surface area contributed by atoms with Crippen LogP contribution in [0.5, 0.6) is 5.75 Å². The number of rotatable bonds is 28. The molecule has 426 valence electrons. The minimum absolute atomic E-state index is 0.00777. The number of aromatic amines is 1. The third-order valence-corrected chi connectivity index (χ3v) is 19.8. The Morgan fingerprint density at radius 3 is 2.29 bits per heavy atom. The number of H-pyrrole nitrogens is 1. The van der Waals surface area contributed by atoms with E-state index in [1.54, 1.807) is 38.3 Å². The number of hydrogen-bond donors (Lipinski definition) is 4. The van der Waals surface area contributed by atoms with Crippen molar-refractivity contribution in [2.24, 2.45) is 5.41 Å². The Hall–Kier alpha value is -4.44. The molecule has 5 aromatic rings. The lowest BCUT2D eigenvalue weighted by atomic mass is 9.83. The first-order valence-corrected chi connectivity index (χ1v) is 30.3. The van der Waals surface area contributed by atoms with Crippen molar-refractivity contribution in [3.63, 3.8) is 0 Å². The average molecular weight is 1130 g/mol. The van der Waals surface area contributed by atoms with Gasteiger partial charge in [-0.15, -0.1) is 0 Å². The fourth-order valence-electron chi connectivity index (χ4n) is 9.29. The molecule has 2 aliphatic heterocycles. The van der Waals surface area contributed by atoms with Crippen LogP contribution in [0.2, 0.25) is 0 Å². The molecular weight excluding hydrogens is 1050 g/mol. The first-order chi connectivity index (χ1) is 37.4. The normalized spacial score (nSPS) is 19.3. The average Bonchev–Trinajstić information content (AvgIpc) is 4.02. The number of nitrogens with one attached hydrogen (secondary N) is 3. The fraction of sp³-hybridized carbons (Fsp3) is 0.561. The van der Waals surface area contributed by atoms with Crippen molar-refractivity contribution < 1.29 is 47.4 Å². The molecule has 0 aliphatic carbocycles. The number of fused-ring (bicyclic) bond motifs is 1. The van der Waals surface area contributed by atoms with E-state index in [2.05, 4.69) is 112 Å². The molecule has 0 saturated carbocycles. The van der Waals surface area contributed by atoms with Crippen LogP contribution >= 0.6 is 30.1 Å². The molecule has 2 amide bonds. The van der Waals surface area contributed by atoms with Gasteiger partial charge >= 0.3 is 0 Å². The Labute approximate surface area is 468 Å². The maximum Gasteiger partial charge on any atom is 0.280 e. The van der Waals surface area contributed by atoms with Gasteiger partial charge in [-0.1, -0.05) is 104 Å². The van der Waals surface area contributed by atoms with Crippen LogP contribution < -0.4 is 20.9 Å². The lowest BCUT2D eigenvalue weighted by Gasteiger charge is -2.39. The van der Waals surface area contributed by atoms with Gasteiger partial charge in [0.2, 0.25) is 11.9 Å². The number of aromatic nitrogens is 4. The third kappa shape index (κ3) is 15.9. The SMILES string of the molecule is CCC1(CC)COC(c2ccc(CNC(=O)CCC(C)(C)SSc3ccccc3CCOP(OC3C(CO)OC(n4cnc5c(=O)[nH]c(NC(=O)COc6ccc(C(C)C)cc6)nc54)C3OC)N(C(C)C)C(C)C)cc2)OC1. The van der Waals surface area contributed by atoms with Crippen LogP contribution in [0, 0.1) is 5.41 Å². The topological polar surface area (TPSA) is 210 Å². The highest BCUT2D eigenvalue weighted by Crippen LogP contribution is 2.51. The second kappa shape index (κ2) is 28.3. The predicted octanol–water partition coefficient (Wildman–Crippen LogP) is 10.6. The minimum atomic E-state index is -1.76. The number of anilines is 1. The molecule has 78 heavy (non-hydrogen) atoms. The van der Waals surface area contributed by atoms with Gasteiger partial charge in [0.1, 0.15) is 24.1 Å². The largest absolute Gasteiger partial charge is 0.484 e. The molecule has 5 atom stereocenters. The highest BCUT2D eigenvalue weighted by molar-refractivity contribution is 8.77. The number of amides is 2. The van der Waals surface area contributed by atoms with E-state index < -0.39 is 51.1 Å². The van der Waals surface area contributed by atoms with Crippen molar-refractivity contribution in [3.8, 4) is 5.75 Å². The minimum Gasteiger partial charge on any atom is -0.484 e. The van der Waals surface area contributed by atoms with Gasteiger partial charge in [0.05, 0.1) is 32.8 Å². The Morgan fingerprint density at radius 2 is 1.65 bits per heavy atom. The molecule has 2 saturated heterocycles. The van der Waals surface area contributed by atoms with E-state index in [4.69, 9.17) is 32.7 Å². The summed E-state index contributed by atoms with van der Waals surface area (Å²) in [5.41, 5.74) is 3.91. The summed E-state index contributed by atoms with van der Waals surface area (Å²) in [5.74, 6) is 0.252. The van der Waals surface area contributed by atoms with Gasteiger partial charge in [0, 0.05) is 52.8 Å². The lowest BCUT2D eigenvalue weighted by Crippen LogP contribution is -2.40. The molecule has 2 aliphatic rings. The highest BCUT2D eigenvalue weighted by Gasteiger charge is 2.50. The second-order valence-electron chi connectivity index (χ2n) is 21.4. The van der Waals surface area contributed by atoms with E-state index in [0.717, 1.165) is 40.0 Å². The van der Waals surface area contributed by atoms with Crippen molar-refractivity contribution in [1.29, 1.82) is 0 Å². The van der Waals surface area contributed by atoms with E-state index in [1.165, 1.54) is 13.4 Å². The number of aliphatic hydroxyl groups is 1. The first-order valence-electron chi connectivity index (χ1n) is 27.1. The zero-order valence-corrected chi connectivity index (χ0v) is 49.5. The van der Waals surface area contributed by atoms with Crippen LogP contribution in [0.15, 0.2) is 88.8 Å². The Kier molecular flexibility index (Phi) is 22.2. The number of ether oxygens (including phenoxy) is 5. The van der Waals surface area contributed by atoms with Gasteiger partial charge in [-0.2, -0.15) is 4.98 Å². The summed E-state index contributed by atoms with van der Waals surface area (Å²) in [6.45, 7) is 22.7. The maximum atomic E-state index is 13.3. The molecule has 0 bridgehead atoms. The summed E-state index contributed by atoms with van der Waals surface area (Å²) in [6, 6.07) is 23.9. The first kappa shape index (κ1) is 61.2. The standard InChI is InChI=1S/C57H80N7O11PS2/c1-12-57(13-2)33-71-54(72-34-57)42-20-18-39(19-21-42)30-58-46(66)26-28-56(9,10)78-77-45-17-15-14-16-41(45)27-29-73-76(64(37(5)6)38(7)8)75-49-44(31-65)74-53(50(49)69-11)63-35-59-48-51(63)61-55(62-52(48)68)60-47(67)32-70-43-24-22-40(23-25-43)36(3)4/h14-25,35-38,44,49-50,53-54,65H,12-13,26-34H2,1-11H3,(H,58,66)(H2,60,61,62,67,68). The molecular formula is C57H80N7O11PS2. The van der Waals surface area contributed by atoms with Crippen LogP contribution in [0.1, 0.15) is 136 Å². The number of imidazole rings is 1. The van der Waals surface area contributed by atoms with E-state index in [1.807, 2.05) is 48.5 Å². The van der Waals surface area contributed by atoms with Gasteiger partial charge in [-0.3, -0.25) is 29.3 Å². The Morgan fingerprint density at radius 1 is 0.962 bits per heavy atom. The number of aliphatic hydroxyl groups excluding tert-OH is 1. The number of methoxy groups -OCH3 is 1. The number of nitrogens with zero attached hydrogens (tertiary/aromatic N) is 4. The van der Waals surface area contributed by atoms with Gasteiger partial charge < -0.3 is 43.2 Å². The summed E-state index contributed by atoms with van der Waals surface area (Å²) in [7, 11) is 3.21. The van der Waals surface area contributed by atoms with Crippen LogP contribution in [0.4, 0.5) is 5.95 Å². The Balaban J connectivity index is 0.937. The number of carbonyl (C=O) groups is 2. The number of hydrogen-bond acceptors (Lipinski definition) is 16. The van der Waals surface area contributed by atoms with E-state index >= 15 is 0 Å². The van der Waals surface area contributed by atoms with Gasteiger partial charge in [-0.25, -0.2) is 9.65 Å². The zero-order valence-electron chi connectivity index (χ0n) is 47.0. The molecule has 3 aromatic carbocycles. The Bertz CT molecular complexity index is 2760. The molecule has 2 aromatic heterocycles. The van der Waals surface area contributed by atoms with E-state index in [0.29, 0.717) is 57.3 Å². The molecule has 21 heteroatoms. The fourth-order valence-corrected chi connectivity index (χ4v) is 13.7. The summed E-state index contributed by atoms with van der Waals surface area (Å²) in [4.78, 5) is 52.0. The molecule has 4 N–H and O–H groups in total. The second-order valence-corrected chi connectivity index (χ2v) is 25.7. The predicted molar refractivity (Wildman–Crippen MR) is 307 cm³/mol. The summed E-state index contributed by atoms with van der Waals surface area (Å²) in [6.07, 6.45) is 1.35. The molecule has 0 radical (unpaired) electrons. The molecule has 5 unspecified atom stereocenters. The van der Waals surface area contributed by atoms with Gasteiger partial charge in [0.25, 0.3) is 20.0 Å². The smallest absolute Gasteiger partial charge is 0.280 e.